The minimum atomic E-state index is 0.0737. The molecular formula is C17H30N2O2. The van der Waals surface area contributed by atoms with Crippen molar-refractivity contribution in [2.24, 2.45) is 28.9 Å². The summed E-state index contributed by atoms with van der Waals surface area (Å²) < 4.78 is 5.26. The van der Waals surface area contributed by atoms with Gasteiger partial charge in [0.2, 0.25) is 5.91 Å². The smallest absolute Gasteiger partial charge is 0.224 e. The molecule has 3 aliphatic carbocycles. The zero-order chi connectivity index (χ0) is 14.9. The van der Waals surface area contributed by atoms with Gasteiger partial charge in [-0.1, -0.05) is 12.8 Å². The molecule has 0 saturated heterocycles. The molecule has 120 valence electrons. The van der Waals surface area contributed by atoms with Crippen molar-refractivity contribution in [1.29, 1.82) is 0 Å². The van der Waals surface area contributed by atoms with Gasteiger partial charge in [-0.15, -0.1) is 0 Å². The zero-order valence-corrected chi connectivity index (χ0v) is 13.3. The van der Waals surface area contributed by atoms with E-state index >= 15 is 0 Å². The van der Waals surface area contributed by atoms with Crippen LogP contribution in [-0.4, -0.2) is 32.2 Å². The second-order valence-corrected chi connectivity index (χ2v) is 7.60. The molecule has 0 spiro atoms. The van der Waals surface area contributed by atoms with E-state index < -0.39 is 0 Å². The Morgan fingerprint density at radius 1 is 1.29 bits per heavy atom. The van der Waals surface area contributed by atoms with Crippen LogP contribution in [0.15, 0.2) is 0 Å². The minimum Gasteiger partial charge on any atom is -0.385 e. The lowest BCUT2D eigenvalue weighted by Crippen LogP contribution is -2.47. The number of ether oxygens (including phenoxy) is 1. The fourth-order valence-corrected chi connectivity index (χ4v) is 5.08. The lowest BCUT2D eigenvalue weighted by molar-refractivity contribution is -0.127. The fraction of sp³-hybridized carbons (Fsp3) is 0.941. The van der Waals surface area contributed by atoms with E-state index in [0.29, 0.717) is 11.8 Å². The number of carbonyl (C=O) groups excluding carboxylic acids is 1. The molecular weight excluding hydrogens is 264 g/mol. The van der Waals surface area contributed by atoms with Gasteiger partial charge in [0, 0.05) is 26.3 Å². The van der Waals surface area contributed by atoms with E-state index in [2.05, 4.69) is 5.32 Å². The number of rotatable bonds is 6. The van der Waals surface area contributed by atoms with Crippen molar-refractivity contribution in [3.8, 4) is 0 Å². The molecule has 4 nitrogen and oxygen atoms in total. The standard InChI is InChI=1S/C17H30N2O2/c1-21-9-8-17(6-2-3-7-17)11-19-16(20)14-12-4-5-13(10-12)15(14)18/h12-15H,2-11,18H2,1H3,(H,19,20). The van der Waals surface area contributed by atoms with Crippen LogP contribution in [0.5, 0.6) is 0 Å². The molecule has 3 fully saturated rings. The van der Waals surface area contributed by atoms with E-state index in [9.17, 15) is 4.79 Å². The maximum absolute atomic E-state index is 12.6. The highest BCUT2D eigenvalue weighted by Crippen LogP contribution is 2.48. The summed E-state index contributed by atoms with van der Waals surface area (Å²) in [5.74, 6) is 1.44. The quantitative estimate of drug-likeness (QED) is 0.788. The highest BCUT2D eigenvalue weighted by Gasteiger charge is 2.49. The Balaban J connectivity index is 1.55. The van der Waals surface area contributed by atoms with Crippen molar-refractivity contribution in [3.63, 3.8) is 0 Å². The van der Waals surface area contributed by atoms with Gasteiger partial charge in [0.25, 0.3) is 0 Å². The van der Waals surface area contributed by atoms with E-state index in [1.807, 2.05) is 0 Å². The SMILES string of the molecule is COCCC1(CNC(=O)C2C3CCC(C3)C2N)CCCC1. The van der Waals surface area contributed by atoms with Crippen molar-refractivity contribution in [1.82, 2.24) is 5.32 Å². The van der Waals surface area contributed by atoms with E-state index in [4.69, 9.17) is 10.5 Å². The molecule has 3 rings (SSSR count). The molecule has 0 aromatic rings. The number of nitrogens with two attached hydrogens (primary N) is 1. The number of carbonyl (C=O) groups is 1. The number of amides is 1. The van der Waals surface area contributed by atoms with Gasteiger partial charge in [-0.05, 0) is 55.8 Å². The molecule has 4 atom stereocenters. The van der Waals surface area contributed by atoms with E-state index in [1.54, 1.807) is 7.11 Å². The maximum atomic E-state index is 12.6. The van der Waals surface area contributed by atoms with Crippen LogP contribution in [0.2, 0.25) is 0 Å². The molecule has 1 amide bonds. The number of nitrogens with one attached hydrogen (secondary N) is 1. The zero-order valence-electron chi connectivity index (χ0n) is 13.3. The molecule has 3 N–H and O–H groups in total. The summed E-state index contributed by atoms with van der Waals surface area (Å²) in [7, 11) is 1.76. The topological polar surface area (TPSA) is 64.3 Å². The Morgan fingerprint density at radius 2 is 2.00 bits per heavy atom. The first-order valence-electron chi connectivity index (χ1n) is 8.67. The third-order valence-electron chi connectivity index (χ3n) is 6.42. The minimum absolute atomic E-state index is 0.0737. The molecule has 3 aliphatic rings. The average molecular weight is 294 g/mol. The van der Waals surface area contributed by atoms with Gasteiger partial charge in [-0.2, -0.15) is 0 Å². The Labute approximate surface area is 128 Å². The molecule has 0 aliphatic heterocycles. The van der Waals surface area contributed by atoms with Crippen LogP contribution in [0.1, 0.15) is 51.4 Å². The number of hydrogen-bond acceptors (Lipinski definition) is 3. The Bertz CT molecular complexity index is 377. The van der Waals surface area contributed by atoms with Crippen LogP contribution >= 0.6 is 0 Å². The summed E-state index contributed by atoms with van der Waals surface area (Å²) in [6.07, 6.45) is 9.68. The third kappa shape index (κ3) is 2.98. The fourth-order valence-electron chi connectivity index (χ4n) is 5.08. The summed E-state index contributed by atoms with van der Waals surface area (Å²) >= 11 is 0. The van der Waals surface area contributed by atoms with Crippen molar-refractivity contribution >= 4 is 5.91 Å². The van der Waals surface area contributed by atoms with Crippen LogP contribution in [0.3, 0.4) is 0 Å². The van der Waals surface area contributed by atoms with Gasteiger partial charge in [-0.3, -0.25) is 4.79 Å². The highest BCUT2D eigenvalue weighted by molar-refractivity contribution is 5.80. The molecule has 0 aromatic carbocycles. The average Bonchev–Trinajstić information content (AvgIpc) is 3.19. The highest BCUT2D eigenvalue weighted by atomic mass is 16.5. The summed E-state index contributed by atoms with van der Waals surface area (Å²) in [4.78, 5) is 12.6. The molecule has 0 aromatic heterocycles. The van der Waals surface area contributed by atoms with Crippen molar-refractivity contribution in [3.05, 3.63) is 0 Å². The maximum Gasteiger partial charge on any atom is 0.224 e. The van der Waals surface area contributed by atoms with Crippen LogP contribution in [0.25, 0.3) is 0 Å². The van der Waals surface area contributed by atoms with Gasteiger partial charge in [0.1, 0.15) is 0 Å². The first-order valence-corrected chi connectivity index (χ1v) is 8.67. The van der Waals surface area contributed by atoms with E-state index in [-0.39, 0.29) is 23.3 Å². The third-order valence-corrected chi connectivity index (χ3v) is 6.42. The van der Waals surface area contributed by atoms with E-state index in [1.165, 1.54) is 44.9 Å². The summed E-state index contributed by atoms with van der Waals surface area (Å²) in [6.45, 7) is 1.61. The van der Waals surface area contributed by atoms with Crippen molar-refractivity contribution in [2.75, 3.05) is 20.3 Å². The number of hydrogen-bond donors (Lipinski definition) is 2. The normalized spacial score (nSPS) is 37.0. The summed E-state index contributed by atoms with van der Waals surface area (Å²) in [5.41, 5.74) is 6.55. The lowest BCUT2D eigenvalue weighted by Gasteiger charge is -2.32. The predicted molar refractivity (Wildman–Crippen MR) is 82.7 cm³/mol. The monoisotopic (exact) mass is 294 g/mol. The first-order chi connectivity index (χ1) is 10.2. The number of methoxy groups -OCH3 is 1. The Kier molecular flexibility index (Phi) is 4.55. The van der Waals surface area contributed by atoms with Gasteiger partial charge in [-0.25, -0.2) is 0 Å². The van der Waals surface area contributed by atoms with Crippen molar-refractivity contribution < 1.29 is 9.53 Å². The summed E-state index contributed by atoms with van der Waals surface area (Å²) in [6, 6.07) is 0.0993. The molecule has 2 bridgehead atoms. The van der Waals surface area contributed by atoms with Gasteiger partial charge >= 0.3 is 0 Å². The van der Waals surface area contributed by atoms with Crippen LogP contribution < -0.4 is 11.1 Å². The Hall–Kier alpha value is -0.610. The van der Waals surface area contributed by atoms with Crippen LogP contribution in [-0.2, 0) is 9.53 Å². The second kappa shape index (κ2) is 6.25. The van der Waals surface area contributed by atoms with Gasteiger partial charge in [0.15, 0.2) is 0 Å². The first kappa shape index (κ1) is 15.3. The van der Waals surface area contributed by atoms with Gasteiger partial charge in [0.05, 0.1) is 5.92 Å². The molecule has 3 saturated carbocycles. The van der Waals surface area contributed by atoms with Crippen LogP contribution in [0, 0.1) is 23.2 Å². The van der Waals surface area contributed by atoms with E-state index in [0.717, 1.165) is 19.6 Å². The van der Waals surface area contributed by atoms with Gasteiger partial charge < -0.3 is 15.8 Å². The van der Waals surface area contributed by atoms with Crippen LogP contribution in [0.4, 0.5) is 0 Å². The lowest BCUT2D eigenvalue weighted by atomic mass is 9.81. The molecule has 4 unspecified atom stereocenters. The molecule has 0 heterocycles. The predicted octanol–water partition coefficient (Wildman–Crippen LogP) is 2.07. The summed E-state index contributed by atoms with van der Waals surface area (Å²) in [5, 5.41) is 3.26. The number of fused-ring (bicyclic) bond motifs is 2. The largest absolute Gasteiger partial charge is 0.385 e. The molecule has 21 heavy (non-hydrogen) atoms. The Morgan fingerprint density at radius 3 is 2.62 bits per heavy atom. The molecule has 0 radical (unpaired) electrons. The second-order valence-electron chi connectivity index (χ2n) is 7.60. The molecule has 4 heteroatoms. The van der Waals surface area contributed by atoms with Crippen molar-refractivity contribution in [2.45, 2.75) is 57.4 Å².